The Morgan fingerprint density at radius 2 is 1.73 bits per heavy atom. The Bertz CT molecular complexity index is 1180. The average molecular weight is 528 g/mol. The van der Waals surface area contributed by atoms with E-state index in [4.69, 9.17) is 0 Å². The van der Waals surface area contributed by atoms with Crippen LogP contribution in [0.15, 0.2) is 59.5 Å². The van der Waals surface area contributed by atoms with Gasteiger partial charge in [-0.1, -0.05) is 30.3 Å². The molecule has 0 spiro atoms. The standard InChI is InChI=1S/C24H21IN2O2S/c1-15-11-20(9-10-21(15)25)27-16(2)12-19(17(27)3)13-22-23(28)26(24(29)30-22)14-18-7-5-4-6-8-18/h4-13H,14H2,1-3H3/b22-13-. The number of nitrogens with zero attached hydrogens (tertiary/aromatic N) is 2. The fourth-order valence-electron chi connectivity index (χ4n) is 3.64. The number of amides is 2. The average Bonchev–Trinajstić information content (AvgIpc) is 3.15. The molecule has 1 fully saturated rings. The molecular formula is C24H21IN2O2S. The van der Waals surface area contributed by atoms with E-state index in [0.29, 0.717) is 11.4 Å². The van der Waals surface area contributed by atoms with Crippen molar-refractivity contribution in [2.75, 3.05) is 0 Å². The maximum absolute atomic E-state index is 12.9. The Hall–Kier alpha value is -2.32. The lowest BCUT2D eigenvalue weighted by molar-refractivity contribution is -0.123. The van der Waals surface area contributed by atoms with E-state index in [1.165, 1.54) is 14.0 Å². The Morgan fingerprint density at radius 3 is 2.43 bits per heavy atom. The van der Waals surface area contributed by atoms with Crippen LogP contribution in [0, 0.1) is 24.3 Å². The second kappa shape index (κ2) is 8.43. The van der Waals surface area contributed by atoms with Crippen LogP contribution in [0.2, 0.25) is 0 Å². The van der Waals surface area contributed by atoms with E-state index < -0.39 is 0 Å². The highest BCUT2D eigenvalue weighted by molar-refractivity contribution is 14.1. The zero-order valence-electron chi connectivity index (χ0n) is 17.0. The third kappa shape index (κ3) is 3.98. The van der Waals surface area contributed by atoms with Crippen LogP contribution in [0.1, 0.15) is 28.1 Å². The van der Waals surface area contributed by atoms with Gasteiger partial charge >= 0.3 is 0 Å². The van der Waals surface area contributed by atoms with E-state index in [0.717, 1.165) is 40.0 Å². The van der Waals surface area contributed by atoms with E-state index in [2.05, 4.69) is 65.3 Å². The summed E-state index contributed by atoms with van der Waals surface area (Å²) in [5, 5.41) is -0.225. The van der Waals surface area contributed by atoms with Crippen molar-refractivity contribution in [1.82, 2.24) is 9.47 Å². The van der Waals surface area contributed by atoms with Crippen LogP contribution in [0.3, 0.4) is 0 Å². The van der Waals surface area contributed by atoms with E-state index >= 15 is 0 Å². The second-order valence-corrected chi connectivity index (χ2v) is 9.50. The lowest BCUT2D eigenvalue weighted by Gasteiger charge is -2.12. The number of rotatable bonds is 4. The quantitative estimate of drug-likeness (QED) is 0.297. The van der Waals surface area contributed by atoms with Gasteiger partial charge in [0, 0.05) is 20.6 Å². The Labute approximate surface area is 194 Å². The fraction of sp³-hybridized carbons (Fsp3) is 0.167. The predicted octanol–water partition coefficient (Wildman–Crippen LogP) is 6.24. The zero-order chi connectivity index (χ0) is 21.4. The van der Waals surface area contributed by atoms with Gasteiger partial charge < -0.3 is 4.57 Å². The summed E-state index contributed by atoms with van der Waals surface area (Å²) in [4.78, 5) is 27.1. The summed E-state index contributed by atoms with van der Waals surface area (Å²) in [6.45, 7) is 6.49. The third-order valence-corrected chi connectivity index (χ3v) is 7.33. The molecule has 2 aromatic carbocycles. The summed E-state index contributed by atoms with van der Waals surface area (Å²) in [6, 6.07) is 18.0. The summed E-state index contributed by atoms with van der Waals surface area (Å²) in [6.07, 6.45) is 1.84. The molecule has 0 atom stereocenters. The molecule has 0 saturated carbocycles. The van der Waals surface area contributed by atoms with Gasteiger partial charge in [0.2, 0.25) is 0 Å². The number of thioether (sulfide) groups is 1. The number of hydrogen-bond acceptors (Lipinski definition) is 3. The smallest absolute Gasteiger partial charge is 0.293 e. The van der Waals surface area contributed by atoms with Gasteiger partial charge in [-0.2, -0.15) is 0 Å². The molecule has 30 heavy (non-hydrogen) atoms. The van der Waals surface area contributed by atoms with E-state index in [1.54, 1.807) is 0 Å². The molecular weight excluding hydrogens is 507 g/mol. The molecule has 3 aromatic rings. The highest BCUT2D eigenvalue weighted by Gasteiger charge is 2.35. The van der Waals surface area contributed by atoms with Crippen molar-refractivity contribution < 1.29 is 9.59 Å². The molecule has 1 aromatic heterocycles. The van der Waals surface area contributed by atoms with Crippen molar-refractivity contribution in [2.45, 2.75) is 27.3 Å². The van der Waals surface area contributed by atoms with Crippen LogP contribution in [0.4, 0.5) is 4.79 Å². The van der Waals surface area contributed by atoms with Crippen LogP contribution in [0.5, 0.6) is 0 Å². The zero-order valence-corrected chi connectivity index (χ0v) is 20.0. The molecule has 1 aliphatic heterocycles. The van der Waals surface area contributed by atoms with Gasteiger partial charge in [0.15, 0.2) is 0 Å². The lowest BCUT2D eigenvalue weighted by atomic mass is 10.2. The molecule has 1 saturated heterocycles. The molecule has 4 rings (SSSR count). The van der Waals surface area contributed by atoms with Crippen LogP contribution < -0.4 is 0 Å². The van der Waals surface area contributed by atoms with Crippen molar-refractivity contribution in [3.63, 3.8) is 0 Å². The number of benzene rings is 2. The molecule has 0 aliphatic carbocycles. The molecule has 2 heterocycles. The normalized spacial score (nSPS) is 15.5. The van der Waals surface area contributed by atoms with E-state index in [1.807, 2.05) is 43.3 Å². The first-order chi connectivity index (χ1) is 14.3. The molecule has 0 unspecified atom stereocenters. The number of carbonyl (C=O) groups is 2. The lowest BCUT2D eigenvalue weighted by Crippen LogP contribution is -2.27. The predicted molar refractivity (Wildman–Crippen MR) is 131 cm³/mol. The van der Waals surface area contributed by atoms with Gasteiger partial charge in [-0.25, -0.2) is 0 Å². The highest BCUT2D eigenvalue weighted by Crippen LogP contribution is 2.34. The van der Waals surface area contributed by atoms with E-state index in [-0.39, 0.29) is 11.1 Å². The van der Waals surface area contributed by atoms with Crippen molar-refractivity contribution in [3.8, 4) is 5.69 Å². The molecule has 1 aliphatic rings. The first-order valence-electron chi connectivity index (χ1n) is 9.60. The van der Waals surface area contributed by atoms with Crippen LogP contribution in [-0.4, -0.2) is 20.6 Å². The maximum Gasteiger partial charge on any atom is 0.293 e. The number of aryl methyl sites for hydroxylation is 2. The third-order valence-electron chi connectivity index (χ3n) is 5.21. The molecule has 2 amide bonds. The van der Waals surface area contributed by atoms with Gasteiger partial charge in [0.25, 0.3) is 11.1 Å². The monoisotopic (exact) mass is 528 g/mol. The van der Waals surface area contributed by atoms with Crippen molar-refractivity contribution in [2.24, 2.45) is 0 Å². The molecule has 152 valence electrons. The SMILES string of the molecule is Cc1cc(-n2c(C)cc(/C=C3\SC(=O)N(Cc4ccccc4)C3=O)c2C)ccc1I. The number of halogens is 1. The minimum absolute atomic E-state index is 0.225. The second-order valence-electron chi connectivity index (χ2n) is 7.35. The largest absolute Gasteiger partial charge is 0.318 e. The molecule has 0 radical (unpaired) electrons. The van der Waals surface area contributed by atoms with Crippen LogP contribution in [0.25, 0.3) is 11.8 Å². The molecule has 6 heteroatoms. The molecule has 0 N–H and O–H groups in total. The molecule has 4 nitrogen and oxygen atoms in total. The summed E-state index contributed by atoms with van der Waals surface area (Å²) >= 11 is 3.34. The van der Waals surface area contributed by atoms with Gasteiger partial charge in [-0.15, -0.1) is 0 Å². The van der Waals surface area contributed by atoms with Crippen molar-refractivity contribution >= 4 is 51.6 Å². The Morgan fingerprint density at radius 1 is 1.00 bits per heavy atom. The van der Waals surface area contributed by atoms with Crippen LogP contribution in [-0.2, 0) is 11.3 Å². The van der Waals surface area contributed by atoms with Gasteiger partial charge in [0.1, 0.15) is 0 Å². The first kappa shape index (κ1) is 20.9. The summed E-state index contributed by atoms with van der Waals surface area (Å²) in [5.74, 6) is -0.233. The van der Waals surface area contributed by atoms with Crippen molar-refractivity contribution in [3.05, 3.63) is 91.2 Å². The maximum atomic E-state index is 12.9. The fourth-order valence-corrected chi connectivity index (χ4v) is 4.81. The summed E-state index contributed by atoms with van der Waals surface area (Å²) < 4.78 is 3.41. The van der Waals surface area contributed by atoms with Crippen molar-refractivity contribution in [1.29, 1.82) is 0 Å². The van der Waals surface area contributed by atoms with Gasteiger partial charge in [-0.05, 0) is 102 Å². The number of imide groups is 1. The minimum atomic E-state index is -0.233. The summed E-state index contributed by atoms with van der Waals surface area (Å²) in [5.41, 5.74) is 6.34. The van der Waals surface area contributed by atoms with Crippen LogP contribution >= 0.6 is 34.4 Å². The number of carbonyl (C=O) groups excluding carboxylic acids is 2. The Balaban J connectivity index is 1.64. The van der Waals surface area contributed by atoms with Gasteiger partial charge in [0.05, 0.1) is 11.4 Å². The first-order valence-corrected chi connectivity index (χ1v) is 11.5. The molecule has 0 bridgehead atoms. The minimum Gasteiger partial charge on any atom is -0.318 e. The number of aromatic nitrogens is 1. The van der Waals surface area contributed by atoms with E-state index in [9.17, 15) is 9.59 Å². The Kier molecular flexibility index (Phi) is 5.88. The summed E-state index contributed by atoms with van der Waals surface area (Å²) in [7, 11) is 0. The van der Waals surface area contributed by atoms with Gasteiger partial charge in [-0.3, -0.25) is 14.5 Å². The highest BCUT2D eigenvalue weighted by atomic mass is 127. The topological polar surface area (TPSA) is 42.3 Å². The number of hydrogen-bond donors (Lipinski definition) is 0.